The lowest BCUT2D eigenvalue weighted by Crippen LogP contribution is -2.08. The highest BCUT2D eigenvalue weighted by Crippen LogP contribution is 2.33. The van der Waals surface area contributed by atoms with Crippen molar-refractivity contribution < 1.29 is 14.6 Å². The average Bonchev–Trinajstić information content (AvgIpc) is 2.95. The Kier molecular flexibility index (Phi) is 4.27. The van der Waals surface area contributed by atoms with Gasteiger partial charge in [-0.05, 0) is 35.9 Å². The number of phenols is 1. The molecule has 1 aliphatic heterocycles. The van der Waals surface area contributed by atoms with Gasteiger partial charge in [-0.15, -0.1) is 11.8 Å². The molecular formula is C17H12O3S2. The number of thioether (sulfide) groups is 1. The molecule has 0 spiro atoms. The lowest BCUT2D eigenvalue weighted by molar-refractivity contribution is 0.0731. The first-order valence-corrected chi connectivity index (χ1v) is 8.01. The smallest absolute Gasteiger partial charge is 0.347 e. The van der Waals surface area contributed by atoms with Crippen molar-refractivity contribution in [2.75, 3.05) is 5.75 Å². The van der Waals surface area contributed by atoms with Crippen LogP contribution in [0.15, 0.2) is 54.6 Å². The summed E-state index contributed by atoms with van der Waals surface area (Å²) >= 11 is 6.86. The van der Waals surface area contributed by atoms with Crippen LogP contribution in [0.25, 0.3) is 4.91 Å². The minimum atomic E-state index is -0.582. The van der Waals surface area contributed by atoms with Crippen LogP contribution in [-0.2, 0) is 0 Å². The summed E-state index contributed by atoms with van der Waals surface area (Å²) in [6.45, 7) is 0. The standard InChI is InChI=1S/C17H12O3S2/c18-15-4-2-1-3-14(15)17(19)20-12-7-5-11(6-8-12)16-9-13(21)10-22-16/h1-9,18H,10H2. The van der Waals surface area contributed by atoms with Crippen LogP contribution < -0.4 is 4.74 Å². The highest BCUT2D eigenvalue weighted by atomic mass is 32.2. The summed E-state index contributed by atoms with van der Waals surface area (Å²) in [5.41, 5.74) is 1.19. The van der Waals surface area contributed by atoms with E-state index in [0.717, 1.165) is 21.1 Å². The molecule has 3 nitrogen and oxygen atoms in total. The maximum absolute atomic E-state index is 12.0. The van der Waals surface area contributed by atoms with Crippen LogP contribution in [-0.4, -0.2) is 21.7 Å². The quantitative estimate of drug-likeness (QED) is 0.523. The molecule has 0 aliphatic carbocycles. The molecule has 1 aliphatic rings. The van der Waals surface area contributed by atoms with Gasteiger partial charge in [0.25, 0.3) is 0 Å². The summed E-state index contributed by atoms with van der Waals surface area (Å²) in [5.74, 6) is 0.601. The number of carbonyl (C=O) groups is 1. The fraction of sp³-hybridized carbons (Fsp3) is 0.0588. The van der Waals surface area contributed by atoms with E-state index >= 15 is 0 Å². The normalized spacial score (nSPS) is 13.8. The van der Waals surface area contributed by atoms with E-state index in [0.29, 0.717) is 5.75 Å². The maximum atomic E-state index is 12.0. The lowest BCUT2D eigenvalue weighted by atomic mass is 10.2. The number of hydrogen-bond donors (Lipinski definition) is 1. The van der Waals surface area contributed by atoms with Crippen molar-refractivity contribution in [2.24, 2.45) is 0 Å². The number of esters is 1. The lowest BCUT2D eigenvalue weighted by Gasteiger charge is -2.07. The average molecular weight is 328 g/mol. The van der Waals surface area contributed by atoms with Crippen molar-refractivity contribution in [3.05, 3.63) is 65.7 Å². The van der Waals surface area contributed by atoms with Gasteiger partial charge in [0.1, 0.15) is 17.1 Å². The molecule has 110 valence electrons. The van der Waals surface area contributed by atoms with Crippen LogP contribution in [0.2, 0.25) is 0 Å². The molecule has 22 heavy (non-hydrogen) atoms. The summed E-state index contributed by atoms with van der Waals surface area (Å²) in [4.78, 5) is 14.1. The number of ether oxygens (including phenoxy) is 1. The van der Waals surface area contributed by atoms with Gasteiger partial charge in [-0.1, -0.05) is 36.5 Å². The van der Waals surface area contributed by atoms with Crippen molar-refractivity contribution in [1.29, 1.82) is 0 Å². The van der Waals surface area contributed by atoms with Gasteiger partial charge in [-0.2, -0.15) is 0 Å². The van der Waals surface area contributed by atoms with E-state index < -0.39 is 5.97 Å². The van der Waals surface area contributed by atoms with Crippen LogP contribution in [0.1, 0.15) is 15.9 Å². The summed E-state index contributed by atoms with van der Waals surface area (Å²) in [6, 6.07) is 13.5. The molecule has 2 aromatic rings. The Morgan fingerprint density at radius 3 is 2.50 bits per heavy atom. The molecule has 0 saturated heterocycles. The molecule has 2 aromatic carbocycles. The van der Waals surface area contributed by atoms with Gasteiger partial charge in [-0.3, -0.25) is 0 Å². The van der Waals surface area contributed by atoms with Crippen LogP contribution >= 0.6 is 24.0 Å². The predicted molar refractivity (Wildman–Crippen MR) is 92.5 cm³/mol. The molecule has 0 atom stereocenters. The molecule has 0 radical (unpaired) electrons. The van der Waals surface area contributed by atoms with Crippen molar-refractivity contribution >= 4 is 39.7 Å². The van der Waals surface area contributed by atoms with Crippen molar-refractivity contribution in [3.63, 3.8) is 0 Å². The molecule has 5 heteroatoms. The summed E-state index contributed by atoms with van der Waals surface area (Å²) < 4.78 is 5.27. The third kappa shape index (κ3) is 3.21. The van der Waals surface area contributed by atoms with E-state index in [-0.39, 0.29) is 11.3 Å². The Hall–Kier alpha value is -2.11. The Morgan fingerprint density at radius 2 is 1.86 bits per heavy atom. The zero-order valence-electron chi connectivity index (χ0n) is 11.5. The Bertz CT molecular complexity index is 764. The first-order chi connectivity index (χ1) is 10.6. The number of aromatic hydroxyl groups is 1. The van der Waals surface area contributed by atoms with E-state index in [2.05, 4.69) is 0 Å². The third-order valence-corrected chi connectivity index (χ3v) is 4.70. The second-order valence-electron chi connectivity index (χ2n) is 4.69. The van der Waals surface area contributed by atoms with Gasteiger partial charge in [0, 0.05) is 15.5 Å². The zero-order valence-corrected chi connectivity index (χ0v) is 13.1. The molecular weight excluding hydrogens is 316 g/mol. The third-order valence-electron chi connectivity index (χ3n) is 3.14. The van der Waals surface area contributed by atoms with Gasteiger partial charge in [0.2, 0.25) is 0 Å². The second kappa shape index (κ2) is 6.34. The molecule has 0 saturated carbocycles. The SMILES string of the molecule is O=C(Oc1ccc(C2=CC(=S)CS2)cc1)c1ccccc1O. The largest absolute Gasteiger partial charge is 0.507 e. The predicted octanol–water partition coefficient (Wildman–Crippen LogP) is 4.07. The zero-order chi connectivity index (χ0) is 15.5. The van der Waals surface area contributed by atoms with Crippen molar-refractivity contribution in [2.45, 2.75) is 0 Å². The van der Waals surface area contributed by atoms with Gasteiger partial charge in [0.15, 0.2) is 0 Å². The molecule has 0 unspecified atom stereocenters. The monoisotopic (exact) mass is 328 g/mol. The van der Waals surface area contributed by atoms with Crippen molar-refractivity contribution in [3.8, 4) is 11.5 Å². The summed E-state index contributed by atoms with van der Waals surface area (Å²) in [5, 5.41) is 9.65. The van der Waals surface area contributed by atoms with Crippen molar-refractivity contribution in [1.82, 2.24) is 0 Å². The number of benzene rings is 2. The number of rotatable bonds is 3. The first-order valence-electron chi connectivity index (χ1n) is 6.61. The van der Waals surface area contributed by atoms with E-state index in [9.17, 15) is 9.90 Å². The van der Waals surface area contributed by atoms with Crippen LogP contribution in [0.3, 0.4) is 0 Å². The first kappa shape index (κ1) is 14.8. The van der Waals surface area contributed by atoms with Crippen LogP contribution in [0.4, 0.5) is 0 Å². The molecule has 1 N–H and O–H groups in total. The number of allylic oxidation sites excluding steroid dienone is 1. The van der Waals surface area contributed by atoms with Gasteiger partial charge >= 0.3 is 5.97 Å². The number of carbonyl (C=O) groups excluding carboxylic acids is 1. The number of hydrogen-bond acceptors (Lipinski definition) is 5. The van der Waals surface area contributed by atoms with E-state index in [1.807, 2.05) is 18.2 Å². The molecule has 0 bridgehead atoms. The number of phenolic OH excluding ortho intramolecular Hbond substituents is 1. The minimum Gasteiger partial charge on any atom is -0.507 e. The Labute approximate surface area is 137 Å². The molecule has 3 rings (SSSR count). The van der Waals surface area contributed by atoms with Gasteiger partial charge in [-0.25, -0.2) is 4.79 Å². The summed E-state index contributed by atoms with van der Waals surface area (Å²) in [6.07, 6.45) is 1.99. The van der Waals surface area contributed by atoms with Crippen LogP contribution in [0, 0.1) is 0 Å². The fourth-order valence-corrected chi connectivity index (χ4v) is 3.32. The molecule has 1 heterocycles. The second-order valence-corrected chi connectivity index (χ2v) is 6.24. The Balaban J connectivity index is 1.74. The molecule has 0 amide bonds. The highest BCUT2D eigenvalue weighted by Gasteiger charge is 2.14. The van der Waals surface area contributed by atoms with Crippen LogP contribution in [0.5, 0.6) is 11.5 Å². The molecule has 0 fully saturated rings. The van der Waals surface area contributed by atoms with Gasteiger partial charge < -0.3 is 9.84 Å². The number of thiocarbonyl (C=S) groups is 1. The highest BCUT2D eigenvalue weighted by molar-refractivity contribution is 8.10. The fourth-order valence-electron chi connectivity index (χ4n) is 2.04. The van der Waals surface area contributed by atoms with E-state index in [1.54, 1.807) is 36.0 Å². The van der Waals surface area contributed by atoms with Gasteiger partial charge in [0.05, 0.1) is 0 Å². The molecule has 0 aromatic heterocycles. The Morgan fingerprint density at radius 1 is 1.14 bits per heavy atom. The topological polar surface area (TPSA) is 46.5 Å². The minimum absolute atomic E-state index is 0.0925. The summed E-state index contributed by atoms with van der Waals surface area (Å²) in [7, 11) is 0. The van der Waals surface area contributed by atoms with E-state index in [4.69, 9.17) is 17.0 Å². The van der Waals surface area contributed by atoms with E-state index in [1.165, 1.54) is 12.1 Å². The number of para-hydroxylation sites is 1. The maximum Gasteiger partial charge on any atom is 0.347 e.